The van der Waals surface area contributed by atoms with Crippen molar-refractivity contribution in [2.24, 2.45) is 0 Å². The van der Waals surface area contributed by atoms with Gasteiger partial charge < -0.3 is 15.5 Å². The molecule has 0 aliphatic rings. The Balaban J connectivity index is 1.67. The van der Waals surface area contributed by atoms with Crippen LogP contribution in [0.4, 0.5) is 11.7 Å². The summed E-state index contributed by atoms with van der Waals surface area (Å²) in [5, 5.41) is 5.17. The van der Waals surface area contributed by atoms with Gasteiger partial charge in [-0.1, -0.05) is 0 Å². The Morgan fingerprint density at radius 1 is 1.39 bits per heavy atom. The predicted octanol–water partition coefficient (Wildman–Crippen LogP) is 2.52. The molecular formula is C12H12N4OS. The van der Waals surface area contributed by atoms with Crippen LogP contribution < -0.4 is 11.1 Å². The number of fused-ring (bicyclic) bond motifs is 1. The smallest absolute Gasteiger partial charge is 0.295 e. The van der Waals surface area contributed by atoms with Gasteiger partial charge in [0.25, 0.3) is 6.01 Å². The molecule has 3 rings (SSSR count). The average Bonchev–Trinajstić information content (AvgIpc) is 2.97. The Kier molecular flexibility index (Phi) is 2.85. The van der Waals surface area contributed by atoms with Crippen LogP contribution in [0.3, 0.4) is 0 Å². The fraction of sp³-hybridized carbons (Fsp3) is 0.167. The van der Waals surface area contributed by atoms with E-state index in [2.05, 4.69) is 15.3 Å². The highest BCUT2D eigenvalue weighted by Gasteiger charge is 2.05. The highest BCUT2D eigenvalue weighted by atomic mass is 32.1. The summed E-state index contributed by atoms with van der Waals surface area (Å²) in [6, 6.07) is 5.94. The largest absolute Gasteiger partial charge is 0.424 e. The van der Waals surface area contributed by atoms with E-state index < -0.39 is 0 Å². The third-order valence-corrected chi connectivity index (χ3v) is 3.19. The molecule has 18 heavy (non-hydrogen) atoms. The number of oxazole rings is 1. The van der Waals surface area contributed by atoms with Crippen molar-refractivity contribution >= 4 is 34.1 Å². The molecule has 3 aromatic rings. The zero-order chi connectivity index (χ0) is 12.4. The van der Waals surface area contributed by atoms with Crippen molar-refractivity contribution in [3.63, 3.8) is 0 Å². The molecule has 0 bridgehead atoms. The number of hydrogen-bond donors (Lipinski definition) is 2. The van der Waals surface area contributed by atoms with Gasteiger partial charge in [0.1, 0.15) is 5.52 Å². The minimum absolute atomic E-state index is 0.519. The van der Waals surface area contributed by atoms with Gasteiger partial charge in [-0.15, -0.1) is 11.3 Å². The number of nitrogen functional groups attached to an aromatic ring is 1. The van der Waals surface area contributed by atoms with Crippen molar-refractivity contribution in [1.29, 1.82) is 0 Å². The molecule has 0 saturated carbocycles. The minimum atomic E-state index is 0.519. The number of nitrogens with zero attached hydrogens (tertiary/aromatic N) is 2. The first-order valence-electron chi connectivity index (χ1n) is 5.58. The standard InChI is InChI=1S/C12H12N4OS/c13-8-1-2-11-10(5-8)16-12(17-11)14-4-3-9-6-18-7-15-9/h1-2,5-7H,3-4,13H2,(H,14,16). The first-order valence-corrected chi connectivity index (χ1v) is 6.52. The van der Waals surface area contributed by atoms with Gasteiger partial charge >= 0.3 is 0 Å². The Morgan fingerprint density at radius 2 is 2.33 bits per heavy atom. The fourth-order valence-corrected chi connectivity index (χ4v) is 2.27. The second-order valence-corrected chi connectivity index (χ2v) is 4.62. The van der Waals surface area contributed by atoms with Gasteiger partial charge in [0, 0.05) is 24.0 Å². The highest BCUT2D eigenvalue weighted by Crippen LogP contribution is 2.20. The van der Waals surface area contributed by atoms with E-state index in [4.69, 9.17) is 10.2 Å². The highest BCUT2D eigenvalue weighted by molar-refractivity contribution is 7.07. The lowest BCUT2D eigenvalue weighted by molar-refractivity contribution is 0.614. The summed E-state index contributed by atoms with van der Waals surface area (Å²) in [6.45, 7) is 0.742. The first kappa shape index (κ1) is 11.0. The second-order valence-electron chi connectivity index (χ2n) is 3.90. The van der Waals surface area contributed by atoms with Crippen LogP contribution in [0.5, 0.6) is 0 Å². The Morgan fingerprint density at radius 3 is 3.17 bits per heavy atom. The van der Waals surface area contributed by atoms with Crippen LogP contribution in [-0.2, 0) is 6.42 Å². The molecule has 0 saturated heterocycles. The number of rotatable bonds is 4. The summed E-state index contributed by atoms with van der Waals surface area (Å²) in [4.78, 5) is 8.53. The predicted molar refractivity (Wildman–Crippen MR) is 72.7 cm³/mol. The maximum atomic E-state index is 5.69. The van der Waals surface area contributed by atoms with Crippen molar-refractivity contribution in [1.82, 2.24) is 9.97 Å². The third-order valence-electron chi connectivity index (χ3n) is 2.55. The molecule has 0 aliphatic carbocycles. The average molecular weight is 260 g/mol. The van der Waals surface area contributed by atoms with Crippen LogP contribution in [-0.4, -0.2) is 16.5 Å². The van der Waals surface area contributed by atoms with Crippen LogP contribution >= 0.6 is 11.3 Å². The van der Waals surface area contributed by atoms with Gasteiger partial charge in [-0.2, -0.15) is 4.98 Å². The van der Waals surface area contributed by atoms with Gasteiger partial charge in [0.05, 0.1) is 11.2 Å². The Labute approximate surface area is 108 Å². The normalized spacial score (nSPS) is 10.9. The number of benzene rings is 1. The summed E-state index contributed by atoms with van der Waals surface area (Å²) in [7, 11) is 0. The molecule has 2 heterocycles. The number of nitrogens with two attached hydrogens (primary N) is 1. The summed E-state index contributed by atoms with van der Waals surface area (Å²) in [5.74, 6) is 0. The van der Waals surface area contributed by atoms with Crippen molar-refractivity contribution in [3.8, 4) is 0 Å². The second kappa shape index (κ2) is 4.66. The van der Waals surface area contributed by atoms with Gasteiger partial charge in [0.15, 0.2) is 5.58 Å². The van der Waals surface area contributed by atoms with Crippen molar-refractivity contribution in [2.75, 3.05) is 17.6 Å². The molecule has 5 nitrogen and oxygen atoms in total. The molecule has 0 spiro atoms. The van der Waals surface area contributed by atoms with E-state index in [0.717, 1.165) is 29.8 Å². The Hall–Kier alpha value is -2.08. The summed E-state index contributed by atoms with van der Waals surface area (Å²) < 4.78 is 5.55. The molecule has 0 radical (unpaired) electrons. The van der Waals surface area contributed by atoms with Crippen LogP contribution in [0.2, 0.25) is 0 Å². The summed E-state index contributed by atoms with van der Waals surface area (Å²) in [6.07, 6.45) is 0.852. The molecule has 0 fully saturated rings. The third kappa shape index (κ3) is 2.28. The summed E-state index contributed by atoms with van der Waals surface area (Å²) in [5.41, 5.74) is 10.8. The maximum absolute atomic E-state index is 5.69. The Bertz CT molecular complexity index is 647. The maximum Gasteiger partial charge on any atom is 0.295 e. The molecule has 0 unspecified atom stereocenters. The first-order chi connectivity index (χ1) is 8.81. The summed E-state index contributed by atoms with van der Waals surface area (Å²) >= 11 is 1.60. The molecule has 92 valence electrons. The number of anilines is 2. The molecule has 0 atom stereocenters. The van der Waals surface area contributed by atoms with Crippen molar-refractivity contribution in [2.45, 2.75) is 6.42 Å². The lowest BCUT2D eigenvalue weighted by atomic mass is 10.3. The number of aromatic nitrogens is 2. The van der Waals surface area contributed by atoms with E-state index in [1.165, 1.54) is 0 Å². The molecule has 1 aromatic carbocycles. The van der Waals surface area contributed by atoms with E-state index >= 15 is 0 Å². The fourth-order valence-electron chi connectivity index (χ4n) is 1.68. The van der Waals surface area contributed by atoms with Crippen molar-refractivity contribution < 1.29 is 4.42 Å². The number of hydrogen-bond acceptors (Lipinski definition) is 6. The molecular weight excluding hydrogens is 248 g/mol. The lowest BCUT2D eigenvalue weighted by Crippen LogP contribution is -2.04. The van der Waals surface area contributed by atoms with E-state index in [9.17, 15) is 0 Å². The van der Waals surface area contributed by atoms with E-state index in [0.29, 0.717) is 11.7 Å². The van der Waals surface area contributed by atoms with Crippen LogP contribution in [0.1, 0.15) is 5.69 Å². The molecule has 2 aromatic heterocycles. The van der Waals surface area contributed by atoms with Crippen LogP contribution in [0, 0.1) is 0 Å². The lowest BCUT2D eigenvalue weighted by Gasteiger charge is -1.98. The van der Waals surface area contributed by atoms with Crippen LogP contribution in [0.15, 0.2) is 33.5 Å². The number of nitrogens with one attached hydrogen (secondary N) is 1. The van der Waals surface area contributed by atoms with Gasteiger partial charge in [0.2, 0.25) is 0 Å². The van der Waals surface area contributed by atoms with E-state index in [-0.39, 0.29) is 0 Å². The SMILES string of the molecule is Nc1ccc2oc(NCCc3cscn3)nc2c1. The van der Waals surface area contributed by atoms with Crippen LogP contribution in [0.25, 0.3) is 11.1 Å². The van der Waals surface area contributed by atoms with E-state index in [1.807, 2.05) is 17.0 Å². The quantitative estimate of drug-likeness (QED) is 0.705. The zero-order valence-corrected chi connectivity index (χ0v) is 10.4. The van der Waals surface area contributed by atoms with Gasteiger partial charge in [-0.25, -0.2) is 4.98 Å². The van der Waals surface area contributed by atoms with Crippen molar-refractivity contribution in [3.05, 3.63) is 34.8 Å². The van der Waals surface area contributed by atoms with Gasteiger partial charge in [-0.05, 0) is 18.2 Å². The minimum Gasteiger partial charge on any atom is -0.424 e. The van der Waals surface area contributed by atoms with Gasteiger partial charge in [-0.3, -0.25) is 0 Å². The molecule has 6 heteroatoms. The molecule has 3 N–H and O–H groups in total. The van der Waals surface area contributed by atoms with E-state index in [1.54, 1.807) is 23.5 Å². The number of thiazole rings is 1. The molecule has 0 amide bonds. The topological polar surface area (TPSA) is 77.0 Å². The zero-order valence-electron chi connectivity index (χ0n) is 9.59. The molecule has 0 aliphatic heterocycles. The monoisotopic (exact) mass is 260 g/mol.